The molecule has 0 amide bonds. The van der Waals surface area contributed by atoms with Gasteiger partial charge in [-0.25, -0.2) is 0 Å². The number of carbonyl (C=O) groups is 1. The van der Waals surface area contributed by atoms with Gasteiger partial charge in [0.05, 0.1) is 6.10 Å². The van der Waals surface area contributed by atoms with Crippen LogP contribution in [0.1, 0.15) is 35.9 Å². The summed E-state index contributed by atoms with van der Waals surface area (Å²) in [5.74, 6) is 0.0664. The average Bonchev–Trinajstić information content (AvgIpc) is 2.40. The molecular weight excluding hydrogens is 295 g/mol. The lowest BCUT2D eigenvalue weighted by atomic mass is 10.1. The minimum absolute atomic E-state index is 0.0664. The Morgan fingerprint density at radius 1 is 0.950 bits per heavy atom. The van der Waals surface area contributed by atoms with Gasteiger partial charge < -0.3 is 5.11 Å². The molecular formula is C16H16Cl2O2. The zero-order valence-corrected chi connectivity index (χ0v) is 12.8. The minimum Gasteiger partial charge on any atom is -0.389 e. The molecule has 1 atom stereocenters. The van der Waals surface area contributed by atoms with Crippen molar-refractivity contribution in [2.24, 2.45) is 0 Å². The number of aliphatic hydroxyl groups is 1. The molecule has 0 heterocycles. The van der Waals surface area contributed by atoms with Crippen LogP contribution in [0.5, 0.6) is 0 Å². The summed E-state index contributed by atoms with van der Waals surface area (Å²) in [5, 5.41) is 10.4. The molecule has 2 aromatic carbocycles. The molecule has 106 valence electrons. The van der Waals surface area contributed by atoms with Gasteiger partial charge in [-0.2, -0.15) is 0 Å². The second-order valence-electron chi connectivity index (χ2n) is 4.29. The number of Topliss-reactive ketones (excluding diaryl/α,β-unsaturated/α-hetero) is 1. The molecule has 20 heavy (non-hydrogen) atoms. The maximum Gasteiger partial charge on any atom is 0.159 e. The second-order valence-corrected chi connectivity index (χ2v) is 5.16. The van der Waals surface area contributed by atoms with Crippen LogP contribution in [0.25, 0.3) is 0 Å². The zero-order valence-electron chi connectivity index (χ0n) is 11.3. The van der Waals surface area contributed by atoms with Crippen LogP contribution in [0.4, 0.5) is 0 Å². The summed E-state index contributed by atoms with van der Waals surface area (Å²) in [5.41, 5.74) is 1.59. The van der Waals surface area contributed by atoms with Crippen molar-refractivity contribution in [3.05, 3.63) is 69.7 Å². The molecule has 0 fully saturated rings. The highest BCUT2D eigenvalue weighted by Gasteiger charge is 1.97. The molecule has 0 bridgehead atoms. The summed E-state index contributed by atoms with van der Waals surface area (Å²) in [4.78, 5) is 10.7. The topological polar surface area (TPSA) is 37.3 Å². The second kappa shape index (κ2) is 8.05. The standard InChI is InChI=1S/C8H9ClO.C8H7ClO/c2*1-6(10)7-2-4-8(9)5-3-7/h2-6,10H,1H3;2-5H,1H3/t6-;/m0./s1. The molecule has 0 aliphatic carbocycles. The molecule has 0 unspecified atom stereocenters. The summed E-state index contributed by atoms with van der Waals surface area (Å²) >= 11 is 11.2. The predicted octanol–water partition coefficient (Wildman–Crippen LogP) is 4.94. The van der Waals surface area contributed by atoms with E-state index in [0.29, 0.717) is 15.6 Å². The van der Waals surface area contributed by atoms with E-state index < -0.39 is 6.10 Å². The molecule has 0 saturated heterocycles. The van der Waals surface area contributed by atoms with E-state index in [2.05, 4.69) is 0 Å². The number of ketones is 1. The van der Waals surface area contributed by atoms with E-state index >= 15 is 0 Å². The number of aliphatic hydroxyl groups excluding tert-OH is 1. The maximum atomic E-state index is 10.7. The molecule has 2 aromatic rings. The summed E-state index contributed by atoms with van der Waals surface area (Å²) in [7, 11) is 0. The minimum atomic E-state index is -0.405. The fourth-order valence-corrected chi connectivity index (χ4v) is 1.68. The van der Waals surface area contributed by atoms with Gasteiger partial charge >= 0.3 is 0 Å². The van der Waals surface area contributed by atoms with Crippen molar-refractivity contribution in [3.63, 3.8) is 0 Å². The number of hydrogen-bond acceptors (Lipinski definition) is 2. The van der Waals surface area contributed by atoms with Gasteiger partial charge in [-0.15, -0.1) is 0 Å². The first-order valence-corrected chi connectivity index (χ1v) is 6.85. The predicted molar refractivity (Wildman–Crippen MR) is 83.5 cm³/mol. The van der Waals surface area contributed by atoms with Crippen LogP contribution < -0.4 is 0 Å². The Bertz CT molecular complexity index is 546. The number of carbonyl (C=O) groups excluding carboxylic acids is 1. The Morgan fingerprint density at radius 3 is 1.70 bits per heavy atom. The van der Waals surface area contributed by atoms with Crippen molar-refractivity contribution in [2.75, 3.05) is 0 Å². The van der Waals surface area contributed by atoms with Crippen LogP contribution in [0.2, 0.25) is 10.0 Å². The first kappa shape index (κ1) is 16.7. The number of benzene rings is 2. The van der Waals surface area contributed by atoms with Gasteiger partial charge in [0.15, 0.2) is 5.78 Å². The van der Waals surface area contributed by atoms with Gasteiger partial charge in [0.1, 0.15) is 0 Å². The third kappa shape index (κ3) is 5.74. The lowest BCUT2D eigenvalue weighted by Gasteiger charge is -2.02. The molecule has 0 saturated carbocycles. The van der Waals surface area contributed by atoms with Crippen LogP contribution in [0.15, 0.2) is 48.5 Å². The molecule has 4 heteroatoms. The average molecular weight is 311 g/mol. The largest absolute Gasteiger partial charge is 0.389 e. The van der Waals surface area contributed by atoms with Gasteiger partial charge in [0, 0.05) is 15.6 Å². The third-order valence-electron chi connectivity index (χ3n) is 2.60. The smallest absolute Gasteiger partial charge is 0.159 e. The van der Waals surface area contributed by atoms with Crippen LogP contribution >= 0.6 is 23.2 Å². The SMILES string of the molecule is CC(=O)c1ccc(Cl)cc1.C[C@H](O)c1ccc(Cl)cc1. The zero-order chi connectivity index (χ0) is 15.1. The van der Waals surface area contributed by atoms with Crippen molar-refractivity contribution in [1.82, 2.24) is 0 Å². The van der Waals surface area contributed by atoms with Crippen LogP contribution in [0.3, 0.4) is 0 Å². The first-order chi connectivity index (χ1) is 9.40. The lowest BCUT2D eigenvalue weighted by molar-refractivity contribution is 0.101. The molecule has 0 spiro atoms. The maximum absolute atomic E-state index is 10.7. The van der Waals surface area contributed by atoms with E-state index in [4.69, 9.17) is 28.3 Å². The third-order valence-corrected chi connectivity index (χ3v) is 3.11. The summed E-state index contributed by atoms with van der Waals surface area (Å²) in [6.45, 7) is 3.26. The Hall–Kier alpha value is -1.35. The highest BCUT2D eigenvalue weighted by atomic mass is 35.5. The fraction of sp³-hybridized carbons (Fsp3) is 0.188. The van der Waals surface area contributed by atoms with Crippen molar-refractivity contribution in [2.45, 2.75) is 20.0 Å². The van der Waals surface area contributed by atoms with E-state index in [1.807, 2.05) is 12.1 Å². The first-order valence-electron chi connectivity index (χ1n) is 6.10. The van der Waals surface area contributed by atoms with Crippen molar-refractivity contribution >= 4 is 29.0 Å². The summed E-state index contributed by atoms with van der Waals surface area (Å²) in [6, 6.07) is 14.0. The van der Waals surface area contributed by atoms with Crippen molar-refractivity contribution in [3.8, 4) is 0 Å². The number of hydrogen-bond donors (Lipinski definition) is 1. The van der Waals surface area contributed by atoms with Crippen LogP contribution in [-0.4, -0.2) is 10.9 Å². The molecule has 2 rings (SSSR count). The molecule has 0 aromatic heterocycles. The Balaban J connectivity index is 0.000000200. The van der Waals surface area contributed by atoms with Gasteiger partial charge in [0.25, 0.3) is 0 Å². The highest BCUT2D eigenvalue weighted by Crippen LogP contribution is 2.15. The van der Waals surface area contributed by atoms with E-state index in [1.54, 1.807) is 43.3 Å². The Labute approximate surface area is 129 Å². The molecule has 0 aliphatic heterocycles. The van der Waals surface area contributed by atoms with E-state index in [1.165, 1.54) is 6.92 Å². The molecule has 0 radical (unpaired) electrons. The van der Waals surface area contributed by atoms with Gasteiger partial charge in [-0.05, 0) is 55.8 Å². The summed E-state index contributed by atoms with van der Waals surface area (Å²) < 4.78 is 0. The molecule has 2 nitrogen and oxygen atoms in total. The number of rotatable bonds is 2. The van der Waals surface area contributed by atoms with Crippen LogP contribution in [0, 0.1) is 0 Å². The van der Waals surface area contributed by atoms with Crippen molar-refractivity contribution < 1.29 is 9.90 Å². The highest BCUT2D eigenvalue weighted by molar-refractivity contribution is 6.30. The normalized spacial score (nSPS) is 11.2. The quantitative estimate of drug-likeness (QED) is 0.798. The lowest BCUT2D eigenvalue weighted by Crippen LogP contribution is -1.89. The monoisotopic (exact) mass is 310 g/mol. The number of halogens is 2. The molecule has 1 N–H and O–H groups in total. The van der Waals surface area contributed by atoms with Crippen LogP contribution in [-0.2, 0) is 0 Å². The summed E-state index contributed by atoms with van der Waals surface area (Å²) in [6.07, 6.45) is -0.405. The van der Waals surface area contributed by atoms with E-state index in [-0.39, 0.29) is 5.78 Å². The molecule has 0 aliphatic rings. The Morgan fingerprint density at radius 2 is 1.35 bits per heavy atom. The van der Waals surface area contributed by atoms with Gasteiger partial charge in [-0.1, -0.05) is 35.3 Å². The Kier molecular flexibility index (Phi) is 6.73. The van der Waals surface area contributed by atoms with E-state index in [0.717, 1.165) is 5.56 Å². The van der Waals surface area contributed by atoms with Gasteiger partial charge in [0.2, 0.25) is 0 Å². The van der Waals surface area contributed by atoms with Crippen molar-refractivity contribution in [1.29, 1.82) is 0 Å². The van der Waals surface area contributed by atoms with Gasteiger partial charge in [-0.3, -0.25) is 4.79 Å². The van der Waals surface area contributed by atoms with E-state index in [9.17, 15) is 4.79 Å². The fourth-order valence-electron chi connectivity index (χ4n) is 1.43.